The van der Waals surface area contributed by atoms with Crippen LogP contribution in [0.15, 0.2) is 35.3 Å². The molecule has 0 fully saturated rings. The molecule has 2 N–H and O–H groups in total. The molecular formula is C18H22FN3O3. The average Bonchev–Trinajstić information content (AvgIpc) is 2.56. The minimum absolute atomic E-state index is 0.209. The molecule has 6 nitrogen and oxygen atoms in total. The Balaban J connectivity index is 1.89. The van der Waals surface area contributed by atoms with Crippen LogP contribution < -0.4 is 5.43 Å². The monoisotopic (exact) mass is 347 g/mol. The minimum Gasteiger partial charge on any atom is -0.503 e. The molecule has 0 spiro atoms. The quantitative estimate of drug-likeness (QED) is 0.872. The lowest BCUT2D eigenvalue weighted by Crippen LogP contribution is -2.39. The summed E-state index contributed by atoms with van der Waals surface area (Å²) in [4.78, 5) is 16.0. The third-order valence-corrected chi connectivity index (χ3v) is 4.37. The van der Waals surface area contributed by atoms with Gasteiger partial charge in [0.15, 0.2) is 12.0 Å². The van der Waals surface area contributed by atoms with Crippen LogP contribution in [0.2, 0.25) is 0 Å². The minimum atomic E-state index is -1.10. The van der Waals surface area contributed by atoms with Crippen molar-refractivity contribution >= 4 is 0 Å². The maximum absolute atomic E-state index is 13.0. The molecule has 0 bridgehead atoms. The van der Waals surface area contributed by atoms with E-state index < -0.39 is 17.4 Å². The van der Waals surface area contributed by atoms with Crippen LogP contribution in [-0.4, -0.2) is 45.2 Å². The zero-order valence-corrected chi connectivity index (χ0v) is 14.3. The molecule has 25 heavy (non-hydrogen) atoms. The molecule has 2 heterocycles. The second kappa shape index (κ2) is 6.95. The zero-order valence-electron chi connectivity index (χ0n) is 14.3. The fourth-order valence-electron chi connectivity index (χ4n) is 3.15. The number of aromatic hydroxyl groups is 1. The Labute approximate surface area is 145 Å². The molecule has 1 aromatic carbocycles. The molecule has 1 atom stereocenters. The van der Waals surface area contributed by atoms with Crippen molar-refractivity contribution in [3.8, 4) is 5.75 Å². The third-order valence-electron chi connectivity index (χ3n) is 4.37. The molecule has 1 aromatic heterocycles. The number of pyridine rings is 1. The molecule has 2 aromatic rings. The van der Waals surface area contributed by atoms with Gasteiger partial charge in [0.25, 0.3) is 0 Å². The van der Waals surface area contributed by atoms with Gasteiger partial charge in [-0.1, -0.05) is 12.1 Å². The molecule has 0 aliphatic carbocycles. The van der Waals surface area contributed by atoms with E-state index in [1.807, 2.05) is 19.0 Å². The number of halogens is 1. The first-order valence-electron chi connectivity index (χ1n) is 8.13. The van der Waals surface area contributed by atoms with Gasteiger partial charge in [0.05, 0.1) is 0 Å². The van der Waals surface area contributed by atoms with Crippen molar-refractivity contribution in [3.05, 3.63) is 63.3 Å². The van der Waals surface area contributed by atoms with Gasteiger partial charge in [0, 0.05) is 37.9 Å². The number of nitrogens with zero attached hydrogens (tertiary/aromatic N) is 3. The van der Waals surface area contributed by atoms with E-state index >= 15 is 0 Å². The highest BCUT2D eigenvalue weighted by Crippen LogP contribution is 2.29. The first-order chi connectivity index (χ1) is 11.9. The van der Waals surface area contributed by atoms with Crippen molar-refractivity contribution in [3.63, 3.8) is 0 Å². The number of benzene rings is 1. The molecule has 0 radical (unpaired) electrons. The van der Waals surface area contributed by atoms with Crippen LogP contribution >= 0.6 is 0 Å². The van der Waals surface area contributed by atoms with Gasteiger partial charge < -0.3 is 19.7 Å². The smallest absolute Gasteiger partial charge is 0.228 e. The van der Waals surface area contributed by atoms with Gasteiger partial charge in [-0.25, -0.2) is 4.39 Å². The van der Waals surface area contributed by atoms with Crippen molar-refractivity contribution in [2.75, 3.05) is 20.6 Å². The number of aliphatic hydroxyl groups excluding tert-OH is 1. The molecule has 134 valence electrons. The summed E-state index contributed by atoms with van der Waals surface area (Å²) >= 11 is 0. The predicted molar refractivity (Wildman–Crippen MR) is 91.5 cm³/mol. The Morgan fingerprint density at radius 3 is 2.56 bits per heavy atom. The molecule has 1 aliphatic heterocycles. The van der Waals surface area contributed by atoms with Crippen molar-refractivity contribution in [1.82, 2.24) is 14.4 Å². The molecule has 7 heteroatoms. The van der Waals surface area contributed by atoms with Crippen molar-refractivity contribution in [1.29, 1.82) is 0 Å². The van der Waals surface area contributed by atoms with Gasteiger partial charge >= 0.3 is 0 Å². The van der Waals surface area contributed by atoms with E-state index in [9.17, 15) is 19.4 Å². The van der Waals surface area contributed by atoms with Gasteiger partial charge in [-0.05, 0) is 31.8 Å². The summed E-state index contributed by atoms with van der Waals surface area (Å²) in [5.74, 6) is -0.721. The highest BCUT2D eigenvalue weighted by molar-refractivity contribution is 5.34. The van der Waals surface area contributed by atoms with E-state index in [0.29, 0.717) is 31.7 Å². The lowest BCUT2D eigenvalue weighted by Gasteiger charge is -2.35. The molecular weight excluding hydrogens is 325 g/mol. The molecule has 1 unspecified atom stereocenters. The van der Waals surface area contributed by atoms with E-state index in [2.05, 4.69) is 0 Å². The van der Waals surface area contributed by atoms with E-state index in [1.54, 1.807) is 27.8 Å². The van der Waals surface area contributed by atoms with E-state index in [-0.39, 0.29) is 11.5 Å². The summed E-state index contributed by atoms with van der Waals surface area (Å²) in [6, 6.07) is 6.05. The summed E-state index contributed by atoms with van der Waals surface area (Å²) < 4.78 is 14.8. The lowest BCUT2D eigenvalue weighted by molar-refractivity contribution is -0.0296. The topological polar surface area (TPSA) is 68.9 Å². The highest BCUT2D eigenvalue weighted by atomic mass is 19.1. The second-order valence-electron chi connectivity index (χ2n) is 6.62. The van der Waals surface area contributed by atoms with E-state index in [1.165, 1.54) is 12.1 Å². The van der Waals surface area contributed by atoms with E-state index in [4.69, 9.17) is 0 Å². The normalized spacial score (nSPS) is 17.7. The summed E-state index contributed by atoms with van der Waals surface area (Å²) in [5, 5.41) is 21.0. The largest absolute Gasteiger partial charge is 0.503 e. The number of rotatable bonds is 4. The molecule has 3 rings (SSSR count). The summed E-state index contributed by atoms with van der Waals surface area (Å²) in [6.45, 7) is 1.91. The molecule has 0 amide bonds. The Morgan fingerprint density at radius 1 is 1.24 bits per heavy atom. The van der Waals surface area contributed by atoms with Crippen LogP contribution in [0.25, 0.3) is 0 Å². The van der Waals surface area contributed by atoms with Gasteiger partial charge in [-0.3, -0.25) is 9.69 Å². The number of hydrogen-bond donors (Lipinski definition) is 2. The first-order valence-corrected chi connectivity index (χ1v) is 8.13. The van der Waals surface area contributed by atoms with Crippen LogP contribution in [-0.2, 0) is 19.6 Å². The maximum Gasteiger partial charge on any atom is 0.228 e. The van der Waals surface area contributed by atoms with Crippen LogP contribution in [0.1, 0.15) is 23.0 Å². The summed E-state index contributed by atoms with van der Waals surface area (Å²) in [7, 11) is 3.69. The third kappa shape index (κ3) is 3.58. The fraction of sp³-hybridized carbons (Fsp3) is 0.389. The Bertz CT molecular complexity index is 818. The van der Waals surface area contributed by atoms with Crippen LogP contribution in [0.5, 0.6) is 5.75 Å². The van der Waals surface area contributed by atoms with Gasteiger partial charge in [-0.15, -0.1) is 0 Å². The van der Waals surface area contributed by atoms with Crippen LogP contribution in [0.3, 0.4) is 0 Å². The Morgan fingerprint density at radius 2 is 1.92 bits per heavy atom. The standard InChI is InChI=1S/C18H22FN3O3/c1-20(2)10-13-11-21-7-8-22(9-12-3-5-14(19)6-4-12)18(25)15(21)17(24)16(13)23/h3-6,11,18,24-25H,7-10H2,1-2H3. The summed E-state index contributed by atoms with van der Waals surface area (Å²) in [5.41, 5.74) is 1.09. The average molecular weight is 347 g/mol. The van der Waals surface area contributed by atoms with Crippen molar-refractivity contribution < 1.29 is 14.6 Å². The first kappa shape index (κ1) is 17.6. The highest BCUT2D eigenvalue weighted by Gasteiger charge is 2.30. The number of hydrogen-bond acceptors (Lipinski definition) is 5. The predicted octanol–water partition coefficient (Wildman–Crippen LogP) is 1.26. The van der Waals surface area contributed by atoms with E-state index in [0.717, 1.165) is 5.56 Å². The molecule has 1 aliphatic rings. The Kier molecular flexibility index (Phi) is 4.89. The molecule has 0 saturated carbocycles. The zero-order chi connectivity index (χ0) is 18.1. The van der Waals surface area contributed by atoms with Gasteiger partial charge in [0.1, 0.15) is 11.5 Å². The summed E-state index contributed by atoms with van der Waals surface area (Å²) in [6.07, 6.45) is 0.607. The van der Waals surface area contributed by atoms with Crippen LogP contribution in [0, 0.1) is 5.82 Å². The number of aliphatic hydroxyl groups is 1. The number of aromatic nitrogens is 1. The number of fused-ring (bicyclic) bond motifs is 1. The fourth-order valence-corrected chi connectivity index (χ4v) is 3.15. The van der Waals surface area contributed by atoms with Crippen molar-refractivity contribution in [2.24, 2.45) is 0 Å². The maximum atomic E-state index is 13.0. The lowest BCUT2D eigenvalue weighted by atomic mass is 10.1. The molecule has 0 saturated heterocycles. The van der Waals surface area contributed by atoms with Gasteiger partial charge in [-0.2, -0.15) is 0 Å². The van der Waals surface area contributed by atoms with Crippen LogP contribution in [0.4, 0.5) is 4.39 Å². The van der Waals surface area contributed by atoms with Gasteiger partial charge in [0.2, 0.25) is 5.43 Å². The second-order valence-corrected chi connectivity index (χ2v) is 6.62. The SMILES string of the molecule is CN(C)Cc1cn2c(c(O)c1=O)C(O)N(Cc1ccc(F)cc1)CC2. The Hall–Kier alpha value is -2.22. The van der Waals surface area contributed by atoms with Crippen molar-refractivity contribution in [2.45, 2.75) is 25.9 Å².